The van der Waals surface area contributed by atoms with Crippen LogP contribution in [0.1, 0.15) is 43.0 Å². The molecule has 0 spiro atoms. The lowest BCUT2D eigenvalue weighted by molar-refractivity contribution is -0.136. The van der Waals surface area contributed by atoms with E-state index in [2.05, 4.69) is 15.9 Å². The molecule has 1 atom stereocenters. The Morgan fingerprint density at radius 3 is 2.53 bits per heavy atom. The Morgan fingerprint density at radius 1 is 1.09 bits per heavy atom. The van der Waals surface area contributed by atoms with Crippen LogP contribution in [0.4, 0.5) is 0 Å². The van der Waals surface area contributed by atoms with E-state index in [4.69, 9.17) is 42.4 Å². The Hall–Kier alpha value is -3.37. The minimum atomic E-state index is -0.664. The maximum Gasteiger partial charge on any atom is 0.338 e. The van der Waals surface area contributed by atoms with Crippen molar-refractivity contribution in [3.05, 3.63) is 123 Å². The smallest absolute Gasteiger partial charge is 0.338 e. The van der Waals surface area contributed by atoms with Crippen LogP contribution in [0.3, 0.4) is 0 Å². The molecule has 43 heavy (non-hydrogen) atoms. The van der Waals surface area contributed by atoms with Crippen LogP contribution in [0, 0.1) is 0 Å². The maximum absolute atomic E-state index is 13.9. The number of nitrogens with zero attached hydrogens (tertiary/aromatic N) is 2. The molecule has 0 amide bonds. The summed E-state index contributed by atoms with van der Waals surface area (Å²) in [5.41, 5.74) is 2.98. The molecule has 222 valence electrons. The second kappa shape index (κ2) is 13.5. The molecule has 0 unspecified atom stereocenters. The highest BCUT2D eigenvalue weighted by Crippen LogP contribution is 2.38. The van der Waals surface area contributed by atoms with E-state index in [9.17, 15) is 9.59 Å². The predicted molar refractivity (Wildman–Crippen MR) is 173 cm³/mol. The number of fused-ring (bicyclic) bond motifs is 1. The highest BCUT2D eigenvalue weighted by molar-refractivity contribution is 9.10. The van der Waals surface area contributed by atoms with E-state index in [1.807, 2.05) is 62.4 Å². The van der Waals surface area contributed by atoms with Gasteiger partial charge in [0.1, 0.15) is 6.61 Å². The Kier molecular flexibility index (Phi) is 9.76. The minimum absolute atomic E-state index is 0.203. The number of allylic oxidation sites excluding steroid dienone is 1. The van der Waals surface area contributed by atoms with Gasteiger partial charge in [-0.1, -0.05) is 77.9 Å². The van der Waals surface area contributed by atoms with E-state index in [1.165, 1.54) is 18.4 Å². The summed E-state index contributed by atoms with van der Waals surface area (Å²) in [6.45, 7) is 4.42. The van der Waals surface area contributed by atoms with Crippen molar-refractivity contribution in [3.63, 3.8) is 0 Å². The van der Waals surface area contributed by atoms with Gasteiger partial charge in [-0.05, 0) is 70.7 Å². The summed E-state index contributed by atoms with van der Waals surface area (Å²) in [6, 6.07) is 17.7. The third-order valence-electron chi connectivity index (χ3n) is 6.78. The first-order valence-corrected chi connectivity index (χ1v) is 15.8. The van der Waals surface area contributed by atoms with E-state index in [1.54, 1.807) is 22.8 Å². The summed E-state index contributed by atoms with van der Waals surface area (Å²) in [5.74, 6) is 0.500. The highest BCUT2D eigenvalue weighted by atomic mass is 79.9. The minimum Gasteiger partial charge on any atom is -0.490 e. The quantitative estimate of drug-likeness (QED) is 0.179. The number of halogens is 3. The van der Waals surface area contributed by atoms with E-state index in [-0.39, 0.29) is 12.2 Å². The van der Waals surface area contributed by atoms with Gasteiger partial charge in [-0.2, -0.15) is 0 Å². The maximum atomic E-state index is 13.9. The molecule has 0 bridgehead atoms. The van der Waals surface area contributed by atoms with Gasteiger partial charge in [0.2, 0.25) is 0 Å². The summed E-state index contributed by atoms with van der Waals surface area (Å²) in [6.07, 6.45) is 2.29. The Morgan fingerprint density at radius 2 is 1.86 bits per heavy atom. The number of ether oxygens (including phenoxy) is 3. The molecule has 0 fully saturated rings. The SMILES string of the molecule is CCOc1cc(/C=c2\sc3n(c2=O)[C@H](c2ccccc2)C(C(=O)OC)=C(CC)N=3)cc(Br)c1OCc1ccc(Cl)cc1Cl. The predicted octanol–water partition coefficient (Wildman–Crippen LogP) is 6.85. The van der Waals surface area contributed by atoms with Crippen molar-refractivity contribution in [2.75, 3.05) is 13.7 Å². The Bertz CT molecular complexity index is 1900. The molecule has 1 aromatic heterocycles. The number of rotatable bonds is 9. The monoisotopic (exact) mass is 700 g/mol. The summed E-state index contributed by atoms with van der Waals surface area (Å²) in [7, 11) is 1.33. The van der Waals surface area contributed by atoms with Gasteiger partial charge in [-0.15, -0.1) is 0 Å². The van der Waals surface area contributed by atoms with Crippen molar-refractivity contribution in [2.24, 2.45) is 4.99 Å². The summed E-state index contributed by atoms with van der Waals surface area (Å²) < 4.78 is 19.8. The van der Waals surface area contributed by atoms with Crippen molar-refractivity contribution in [2.45, 2.75) is 32.9 Å². The van der Waals surface area contributed by atoms with E-state index < -0.39 is 12.0 Å². The molecule has 0 radical (unpaired) electrons. The van der Waals surface area contributed by atoms with Crippen LogP contribution in [-0.4, -0.2) is 24.3 Å². The largest absolute Gasteiger partial charge is 0.490 e. The molecule has 5 rings (SSSR count). The van der Waals surface area contributed by atoms with Gasteiger partial charge < -0.3 is 14.2 Å². The zero-order valence-corrected chi connectivity index (χ0v) is 27.4. The molecule has 0 saturated heterocycles. The fourth-order valence-corrected chi connectivity index (χ4v) is 6.89. The fraction of sp³-hybridized carbons (Fsp3) is 0.219. The van der Waals surface area contributed by atoms with Gasteiger partial charge in [0.15, 0.2) is 16.3 Å². The van der Waals surface area contributed by atoms with Crippen LogP contribution in [-0.2, 0) is 16.1 Å². The highest BCUT2D eigenvalue weighted by Gasteiger charge is 2.33. The molecule has 1 aliphatic rings. The van der Waals surface area contributed by atoms with Gasteiger partial charge in [0, 0.05) is 15.6 Å². The van der Waals surface area contributed by atoms with Crippen LogP contribution in [0.5, 0.6) is 11.5 Å². The molecule has 1 aliphatic heterocycles. The Balaban J connectivity index is 1.59. The van der Waals surface area contributed by atoms with Crippen LogP contribution in [0.25, 0.3) is 6.08 Å². The lowest BCUT2D eigenvalue weighted by atomic mass is 9.95. The second-order valence-corrected chi connectivity index (χ2v) is 12.2. The number of carbonyl (C=O) groups excluding carboxylic acids is 1. The zero-order chi connectivity index (χ0) is 30.7. The van der Waals surface area contributed by atoms with Crippen LogP contribution in [0.15, 0.2) is 86.2 Å². The first-order chi connectivity index (χ1) is 20.7. The molecule has 0 aliphatic carbocycles. The molecule has 0 saturated carbocycles. The van der Waals surface area contributed by atoms with E-state index in [0.29, 0.717) is 59.6 Å². The first-order valence-electron chi connectivity index (χ1n) is 13.5. The van der Waals surface area contributed by atoms with Crippen LogP contribution in [0.2, 0.25) is 10.0 Å². The van der Waals surface area contributed by atoms with Gasteiger partial charge in [-0.3, -0.25) is 9.36 Å². The zero-order valence-electron chi connectivity index (χ0n) is 23.5. The van der Waals surface area contributed by atoms with Gasteiger partial charge in [0.05, 0.1) is 40.0 Å². The average molecular weight is 702 g/mol. The molecule has 0 N–H and O–H groups in total. The summed E-state index contributed by atoms with van der Waals surface area (Å²) in [4.78, 5) is 32.2. The van der Waals surface area contributed by atoms with E-state index in [0.717, 1.165) is 16.7 Å². The van der Waals surface area contributed by atoms with Crippen LogP contribution >= 0.6 is 50.5 Å². The Labute approximate surface area is 270 Å². The number of aromatic nitrogens is 1. The number of hydrogen-bond donors (Lipinski definition) is 0. The number of thiazole rings is 1. The molecule has 4 aromatic rings. The molecule has 7 nitrogen and oxygen atoms in total. The standard InChI is InChI=1S/C32H27BrCl2N2O5S/c1-4-24-27(31(39)40-3)28(19-9-7-6-8-10-19)37-30(38)26(43-32(37)36-24)15-18-13-22(33)29(25(14-18)41-5-2)42-17-20-11-12-21(34)16-23(20)35/h6-16,28H,4-5,17H2,1-3H3/b26-15-/t28-/m1/s1. The molecule has 3 aromatic carbocycles. The molecule has 11 heteroatoms. The first kappa shape index (κ1) is 31.1. The van der Waals surface area contributed by atoms with Crippen LogP contribution < -0.4 is 24.4 Å². The molecular weight excluding hydrogens is 675 g/mol. The summed E-state index contributed by atoms with van der Waals surface area (Å²) >= 11 is 17.2. The normalized spacial score (nSPS) is 14.7. The van der Waals surface area contributed by atoms with Crippen molar-refractivity contribution < 1.29 is 19.0 Å². The summed E-state index contributed by atoms with van der Waals surface area (Å²) in [5, 5.41) is 1.05. The topological polar surface area (TPSA) is 79.1 Å². The van der Waals surface area contributed by atoms with Crippen molar-refractivity contribution in [1.29, 1.82) is 0 Å². The van der Waals surface area contributed by atoms with Gasteiger partial charge in [-0.25, -0.2) is 9.79 Å². The van der Waals surface area contributed by atoms with Crippen molar-refractivity contribution in [1.82, 2.24) is 4.57 Å². The van der Waals surface area contributed by atoms with Crippen molar-refractivity contribution in [3.8, 4) is 11.5 Å². The average Bonchev–Trinajstić information content (AvgIpc) is 3.30. The lowest BCUT2D eigenvalue weighted by Crippen LogP contribution is -2.40. The number of benzene rings is 3. The van der Waals surface area contributed by atoms with E-state index >= 15 is 0 Å². The third kappa shape index (κ3) is 6.45. The number of hydrogen-bond acceptors (Lipinski definition) is 7. The van der Waals surface area contributed by atoms with Crippen molar-refractivity contribution >= 4 is 62.5 Å². The third-order valence-corrected chi connectivity index (χ3v) is 8.94. The van der Waals surface area contributed by atoms with Gasteiger partial charge >= 0.3 is 5.97 Å². The number of methoxy groups -OCH3 is 1. The lowest BCUT2D eigenvalue weighted by Gasteiger charge is -2.25. The number of carbonyl (C=O) groups is 1. The fourth-order valence-electron chi connectivity index (χ4n) is 4.83. The number of esters is 1. The van der Waals surface area contributed by atoms with Gasteiger partial charge in [0.25, 0.3) is 5.56 Å². The molecular formula is C32H27BrCl2N2O5S. The second-order valence-electron chi connectivity index (χ2n) is 9.49. The molecule has 2 heterocycles.